The summed E-state index contributed by atoms with van der Waals surface area (Å²) < 4.78 is 12.5. The number of hydrogen-bond donors (Lipinski definition) is 1. The van der Waals surface area contributed by atoms with Crippen molar-refractivity contribution in [2.24, 2.45) is 0 Å². The molecular formula is C13H18BClO3S. The Morgan fingerprint density at radius 3 is 2.37 bits per heavy atom. The van der Waals surface area contributed by atoms with Crippen molar-refractivity contribution in [1.82, 2.24) is 0 Å². The lowest BCUT2D eigenvalue weighted by Gasteiger charge is -2.32. The summed E-state index contributed by atoms with van der Waals surface area (Å²) in [6.07, 6.45) is 1.83. The van der Waals surface area contributed by atoms with Crippen LogP contribution < -0.4 is 0 Å². The first-order chi connectivity index (χ1) is 8.77. The Labute approximate surface area is 123 Å². The molecule has 0 unspecified atom stereocenters. The minimum atomic E-state index is -0.536. The Kier molecular flexibility index (Phi) is 4.14. The van der Waals surface area contributed by atoms with Gasteiger partial charge in [-0.25, -0.2) is 0 Å². The van der Waals surface area contributed by atoms with Gasteiger partial charge in [0.15, 0.2) is 0 Å². The Balaban J connectivity index is 2.26. The predicted octanol–water partition coefficient (Wildman–Crippen LogP) is 3.41. The van der Waals surface area contributed by atoms with E-state index in [-0.39, 0.29) is 6.61 Å². The fraction of sp³-hybridized carbons (Fsp3) is 0.538. The van der Waals surface area contributed by atoms with E-state index in [1.54, 1.807) is 0 Å². The molecule has 3 nitrogen and oxygen atoms in total. The third-order valence-electron chi connectivity index (χ3n) is 3.73. The molecule has 0 radical (unpaired) electrons. The smallest absolute Gasteiger partial charge is 0.400 e. The van der Waals surface area contributed by atoms with Gasteiger partial charge in [0.25, 0.3) is 0 Å². The van der Waals surface area contributed by atoms with Crippen LogP contribution in [0.3, 0.4) is 0 Å². The second-order valence-electron chi connectivity index (χ2n) is 5.62. The lowest BCUT2D eigenvalue weighted by Crippen LogP contribution is -2.41. The van der Waals surface area contributed by atoms with E-state index < -0.39 is 18.3 Å². The molecule has 0 aliphatic carbocycles. The highest BCUT2D eigenvalue weighted by Crippen LogP contribution is 2.39. The van der Waals surface area contributed by atoms with Crippen LogP contribution in [0.1, 0.15) is 33.3 Å². The predicted molar refractivity (Wildman–Crippen MR) is 80.5 cm³/mol. The molecule has 0 saturated carbocycles. The summed E-state index contributed by atoms with van der Waals surface area (Å²) in [5.41, 5.74) is 0.735. The summed E-state index contributed by atoms with van der Waals surface area (Å²) >= 11 is 7.53. The first-order valence-corrected chi connectivity index (χ1v) is 7.42. The molecule has 6 heteroatoms. The van der Waals surface area contributed by atoms with Crippen LogP contribution in [0, 0.1) is 0 Å². The molecular weight excluding hydrogens is 282 g/mol. The Hall–Kier alpha value is -0.325. The molecule has 1 saturated heterocycles. The quantitative estimate of drug-likeness (QED) is 0.870. The fourth-order valence-corrected chi connectivity index (χ4v) is 2.66. The molecule has 2 rings (SSSR count). The summed E-state index contributed by atoms with van der Waals surface area (Å²) in [4.78, 5) is 0. The van der Waals surface area contributed by atoms with Gasteiger partial charge in [-0.2, -0.15) is 0 Å². The van der Waals surface area contributed by atoms with Crippen LogP contribution in [0.5, 0.6) is 0 Å². The Bertz CT molecular complexity index is 480. The van der Waals surface area contributed by atoms with Crippen molar-refractivity contribution in [2.75, 3.05) is 6.61 Å². The lowest BCUT2D eigenvalue weighted by atomic mass is 9.78. The van der Waals surface area contributed by atoms with Crippen LogP contribution in [0.2, 0.25) is 4.34 Å². The van der Waals surface area contributed by atoms with E-state index in [0.29, 0.717) is 9.81 Å². The average molecular weight is 301 g/mol. The van der Waals surface area contributed by atoms with E-state index in [1.165, 1.54) is 11.3 Å². The van der Waals surface area contributed by atoms with Gasteiger partial charge in [0.2, 0.25) is 0 Å². The van der Waals surface area contributed by atoms with Crippen LogP contribution >= 0.6 is 22.9 Å². The van der Waals surface area contributed by atoms with Crippen molar-refractivity contribution in [3.63, 3.8) is 0 Å². The molecule has 0 amide bonds. The summed E-state index contributed by atoms with van der Waals surface area (Å²) in [5, 5.41) is 11.5. The standard InChI is InChI=1S/C13H18BClO3S/c1-12(2)13(3,4)18-14(17-12)10(8-16)7-9-5-6-19-11(9)15/h5-7,16H,8H2,1-4H3. The first-order valence-electron chi connectivity index (χ1n) is 6.17. The molecule has 1 aromatic heterocycles. The van der Waals surface area contributed by atoms with Crippen LogP contribution in [-0.4, -0.2) is 30.0 Å². The number of halogens is 1. The zero-order valence-electron chi connectivity index (χ0n) is 11.6. The second-order valence-corrected chi connectivity index (χ2v) is 7.13. The van der Waals surface area contributed by atoms with E-state index in [9.17, 15) is 5.11 Å². The van der Waals surface area contributed by atoms with Crippen LogP contribution in [-0.2, 0) is 9.31 Å². The SMILES string of the molecule is CC1(C)OB(C(=Cc2ccsc2Cl)CO)OC1(C)C. The maximum Gasteiger partial charge on any atom is 0.492 e. The number of hydrogen-bond acceptors (Lipinski definition) is 4. The summed E-state index contributed by atoms with van der Waals surface area (Å²) in [7, 11) is -0.536. The van der Waals surface area contributed by atoms with Crippen molar-refractivity contribution < 1.29 is 14.4 Å². The third kappa shape index (κ3) is 2.90. The van der Waals surface area contributed by atoms with E-state index in [2.05, 4.69) is 0 Å². The number of thiophene rings is 1. The summed E-state index contributed by atoms with van der Waals surface area (Å²) in [6.45, 7) is 7.82. The molecule has 1 aliphatic rings. The largest absolute Gasteiger partial charge is 0.492 e. The molecule has 0 bridgehead atoms. The molecule has 0 aromatic carbocycles. The minimum Gasteiger partial charge on any atom is -0.400 e. The van der Waals surface area contributed by atoms with Gasteiger partial charge < -0.3 is 14.4 Å². The number of rotatable bonds is 3. The topological polar surface area (TPSA) is 38.7 Å². The summed E-state index contributed by atoms with van der Waals surface area (Å²) in [5.74, 6) is 0. The maximum atomic E-state index is 9.55. The molecule has 1 fully saturated rings. The van der Waals surface area contributed by atoms with E-state index in [1.807, 2.05) is 45.2 Å². The van der Waals surface area contributed by atoms with E-state index >= 15 is 0 Å². The Morgan fingerprint density at radius 1 is 1.37 bits per heavy atom. The normalized spacial score (nSPS) is 22.0. The molecule has 0 spiro atoms. The monoisotopic (exact) mass is 300 g/mol. The zero-order valence-corrected chi connectivity index (χ0v) is 13.1. The van der Waals surface area contributed by atoms with Gasteiger partial charge in [0.05, 0.1) is 17.8 Å². The van der Waals surface area contributed by atoms with Gasteiger partial charge in [0.1, 0.15) is 4.34 Å². The molecule has 2 heterocycles. The highest BCUT2D eigenvalue weighted by Gasteiger charge is 2.52. The summed E-state index contributed by atoms with van der Waals surface area (Å²) in [6, 6.07) is 1.91. The van der Waals surface area contributed by atoms with Gasteiger partial charge >= 0.3 is 7.12 Å². The minimum absolute atomic E-state index is 0.122. The van der Waals surface area contributed by atoms with E-state index in [4.69, 9.17) is 20.9 Å². The highest BCUT2D eigenvalue weighted by atomic mass is 35.5. The van der Waals surface area contributed by atoms with Crippen molar-refractivity contribution in [1.29, 1.82) is 0 Å². The van der Waals surface area contributed by atoms with Crippen molar-refractivity contribution in [3.8, 4) is 0 Å². The van der Waals surface area contributed by atoms with Gasteiger partial charge in [-0.05, 0) is 44.6 Å². The second kappa shape index (κ2) is 5.22. The average Bonchev–Trinajstić information content (AvgIpc) is 2.78. The van der Waals surface area contributed by atoms with Gasteiger partial charge in [-0.3, -0.25) is 0 Å². The van der Waals surface area contributed by atoms with Crippen LogP contribution in [0.4, 0.5) is 0 Å². The highest BCUT2D eigenvalue weighted by molar-refractivity contribution is 7.14. The van der Waals surface area contributed by atoms with E-state index in [0.717, 1.165) is 5.56 Å². The molecule has 104 valence electrons. The lowest BCUT2D eigenvalue weighted by molar-refractivity contribution is 0.00578. The third-order valence-corrected chi connectivity index (χ3v) is 4.93. The molecule has 1 N–H and O–H groups in total. The van der Waals surface area contributed by atoms with Crippen LogP contribution in [0.15, 0.2) is 16.9 Å². The first kappa shape index (κ1) is 15.1. The van der Waals surface area contributed by atoms with Crippen molar-refractivity contribution >= 4 is 36.1 Å². The molecule has 0 atom stereocenters. The van der Waals surface area contributed by atoms with Gasteiger partial charge in [-0.15, -0.1) is 11.3 Å². The van der Waals surface area contributed by atoms with Crippen LogP contribution in [0.25, 0.3) is 6.08 Å². The fourth-order valence-electron chi connectivity index (χ4n) is 1.79. The van der Waals surface area contributed by atoms with Gasteiger partial charge in [-0.1, -0.05) is 17.7 Å². The maximum absolute atomic E-state index is 9.55. The Morgan fingerprint density at radius 2 is 1.95 bits per heavy atom. The zero-order chi connectivity index (χ0) is 14.3. The van der Waals surface area contributed by atoms with Gasteiger partial charge in [0, 0.05) is 5.56 Å². The number of aliphatic hydroxyl groups excluding tert-OH is 1. The molecule has 1 aromatic rings. The number of aliphatic hydroxyl groups is 1. The van der Waals surface area contributed by atoms with Crippen molar-refractivity contribution in [2.45, 2.75) is 38.9 Å². The molecule has 1 aliphatic heterocycles. The molecule has 19 heavy (non-hydrogen) atoms. The van der Waals surface area contributed by atoms with Crippen molar-refractivity contribution in [3.05, 3.63) is 26.8 Å².